The molecule has 0 radical (unpaired) electrons. The standard InChI is InChI=1S/C28H33F5N2O3/c29-11-1-2-24(30)26(32)27(33)25(31)17-38-23-9-5-19(6-10-23)14-35-16-21-12-22(35)15-34(21)13-18-3-7-20(8-4-18)28(36)37/h3-10,21-22,24-27H,1-2,11-17H2,(H,36,37)/t21-,22-,24?,25?,26?,27?/m0/s1. The zero-order valence-electron chi connectivity index (χ0n) is 21.0. The fourth-order valence-corrected chi connectivity index (χ4v) is 5.23. The van der Waals surface area contributed by atoms with Gasteiger partial charge >= 0.3 is 5.97 Å². The van der Waals surface area contributed by atoms with E-state index in [1.165, 1.54) is 0 Å². The van der Waals surface area contributed by atoms with Crippen molar-refractivity contribution in [3.05, 3.63) is 65.2 Å². The molecule has 208 valence electrons. The van der Waals surface area contributed by atoms with Crippen LogP contribution in [0.3, 0.4) is 0 Å². The molecule has 2 fully saturated rings. The number of ether oxygens (including phenoxy) is 1. The van der Waals surface area contributed by atoms with Crippen LogP contribution in [0.4, 0.5) is 22.0 Å². The number of benzene rings is 2. The number of fused-ring (bicyclic) bond motifs is 2. The van der Waals surface area contributed by atoms with Crippen LogP contribution in [0.2, 0.25) is 0 Å². The van der Waals surface area contributed by atoms with Gasteiger partial charge in [0.15, 0.2) is 18.5 Å². The maximum atomic E-state index is 14.1. The molecule has 4 rings (SSSR count). The van der Waals surface area contributed by atoms with E-state index >= 15 is 0 Å². The van der Waals surface area contributed by atoms with Crippen molar-refractivity contribution in [3.8, 4) is 5.75 Å². The van der Waals surface area contributed by atoms with Crippen LogP contribution in [0.15, 0.2) is 48.5 Å². The summed E-state index contributed by atoms with van der Waals surface area (Å²) in [4.78, 5) is 15.9. The first kappa shape index (κ1) is 28.3. The lowest BCUT2D eigenvalue weighted by Crippen LogP contribution is -2.45. The molecule has 6 atom stereocenters. The third-order valence-electron chi connectivity index (χ3n) is 7.38. The minimum Gasteiger partial charge on any atom is -0.490 e. The van der Waals surface area contributed by atoms with Gasteiger partial charge in [0.2, 0.25) is 0 Å². The summed E-state index contributed by atoms with van der Waals surface area (Å²) in [6.45, 7) is 1.78. The maximum Gasteiger partial charge on any atom is 0.335 e. The molecule has 2 bridgehead atoms. The van der Waals surface area contributed by atoms with Crippen molar-refractivity contribution in [2.75, 3.05) is 26.4 Å². The summed E-state index contributed by atoms with van der Waals surface area (Å²) in [5, 5.41) is 9.05. The van der Waals surface area contributed by atoms with Crippen LogP contribution < -0.4 is 4.74 Å². The molecule has 2 aliphatic rings. The first-order valence-electron chi connectivity index (χ1n) is 12.9. The van der Waals surface area contributed by atoms with Crippen molar-refractivity contribution < 1.29 is 36.6 Å². The topological polar surface area (TPSA) is 53.0 Å². The molecule has 2 aromatic rings. The minimum atomic E-state index is -2.68. The van der Waals surface area contributed by atoms with Gasteiger partial charge in [-0.25, -0.2) is 22.4 Å². The zero-order valence-corrected chi connectivity index (χ0v) is 21.0. The molecule has 2 saturated heterocycles. The predicted octanol–water partition coefficient (Wildman–Crippen LogP) is 5.32. The number of aromatic carboxylic acids is 1. The SMILES string of the molecule is O=C(O)c1ccc(CN2C[C@@H]3C[C@H]2CN3Cc2ccc(OCC(F)C(F)C(F)C(F)CCCF)cc2)cc1. The lowest BCUT2D eigenvalue weighted by Gasteiger charge is -2.34. The Morgan fingerprint density at radius 2 is 1.39 bits per heavy atom. The fraction of sp³-hybridized carbons (Fsp3) is 0.536. The Kier molecular flexibility index (Phi) is 9.59. The molecule has 10 heteroatoms. The van der Waals surface area contributed by atoms with Crippen molar-refractivity contribution in [1.82, 2.24) is 9.80 Å². The minimum absolute atomic E-state index is 0.240. The van der Waals surface area contributed by atoms with Gasteiger partial charge in [-0.3, -0.25) is 14.2 Å². The van der Waals surface area contributed by atoms with E-state index < -0.39 is 50.4 Å². The van der Waals surface area contributed by atoms with Crippen molar-refractivity contribution in [3.63, 3.8) is 0 Å². The number of halogens is 5. The Balaban J connectivity index is 1.20. The van der Waals surface area contributed by atoms with Crippen LogP contribution in [0.1, 0.15) is 40.7 Å². The van der Waals surface area contributed by atoms with Crippen LogP contribution >= 0.6 is 0 Å². The molecule has 0 spiro atoms. The van der Waals surface area contributed by atoms with Crippen molar-refractivity contribution in [1.29, 1.82) is 0 Å². The Morgan fingerprint density at radius 1 is 0.868 bits per heavy atom. The summed E-state index contributed by atoms with van der Waals surface area (Å²) < 4.78 is 72.7. The molecular formula is C28H33F5N2O3. The lowest BCUT2D eigenvalue weighted by molar-refractivity contribution is 0.0125. The summed E-state index contributed by atoms with van der Waals surface area (Å²) >= 11 is 0. The zero-order chi connectivity index (χ0) is 27.2. The molecule has 0 saturated carbocycles. The number of hydrogen-bond acceptors (Lipinski definition) is 4. The molecule has 1 N–H and O–H groups in total. The van der Waals surface area contributed by atoms with E-state index in [2.05, 4.69) is 9.80 Å². The van der Waals surface area contributed by atoms with E-state index in [-0.39, 0.29) is 12.0 Å². The second-order valence-electron chi connectivity index (χ2n) is 10.1. The highest BCUT2D eigenvalue weighted by molar-refractivity contribution is 5.87. The molecule has 0 aliphatic carbocycles. The number of alkyl halides is 5. The van der Waals surface area contributed by atoms with Gasteiger partial charge in [0, 0.05) is 38.3 Å². The Morgan fingerprint density at radius 3 is 1.89 bits per heavy atom. The molecule has 4 unspecified atom stereocenters. The fourth-order valence-electron chi connectivity index (χ4n) is 5.23. The van der Waals surface area contributed by atoms with Gasteiger partial charge in [-0.05, 0) is 54.7 Å². The second-order valence-corrected chi connectivity index (χ2v) is 10.1. The van der Waals surface area contributed by atoms with Gasteiger partial charge in [0.1, 0.15) is 18.5 Å². The molecule has 2 aliphatic heterocycles. The monoisotopic (exact) mass is 540 g/mol. The average molecular weight is 541 g/mol. The van der Waals surface area contributed by atoms with Crippen LogP contribution in [-0.4, -0.2) is 84.0 Å². The number of carbonyl (C=O) groups is 1. The molecule has 5 nitrogen and oxygen atoms in total. The Hall–Kier alpha value is -2.72. The van der Waals surface area contributed by atoms with E-state index in [4.69, 9.17) is 9.84 Å². The molecule has 2 aromatic carbocycles. The van der Waals surface area contributed by atoms with Crippen molar-refractivity contribution >= 4 is 5.97 Å². The Bertz CT molecular complexity index is 1040. The number of nitrogens with zero attached hydrogens (tertiary/aromatic N) is 2. The number of hydrogen-bond donors (Lipinski definition) is 1. The summed E-state index contributed by atoms with van der Waals surface area (Å²) in [5.41, 5.74) is 2.40. The van der Waals surface area contributed by atoms with Gasteiger partial charge < -0.3 is 9.84 Å². The normalized spacial score (nSPS) is 22.8. The van der Waals surface area contributed by atoms with E-state index in [1.807, 2.05) is 24.3 Å². The van der Waals surface area contributed by atoms with Crippen LogP contribution in [0.5, 0.6) is 5.75 Å². The first-order valence-corrected chi connectivity index (χ1v) is 12.9. The maximum absolute atomic E-state index is 14.1. The van der Waals surface area contributed by atoms with Gasteiger partial charge in [0.25, 0.3) is 0 Å². The predicted molar refractivity (Wildman–Crippen MR) is 133 cm³/mol. The third kappa shape index (κ3) is 7.02. The van der Waals surface area contributed by atoms with Crippen LogP contribution in [-0.2, 0) is 13.1 Å². The largest absolute Gasteiger partial charge is 0.490 e. The van der Waals surface area contributed by atoms with Gasteiger partial charge in [-0.1, -0.05) is 24.3 Å². The van der Waals surface area contributed by atoms with Crippen molar-refractivity contribution in [2.45, 2.75) is 69.1 Å². The highest BCUT2D eigenvalue weighted by atomic mass is 19.2. The number of rotatable bonds is 14. The number of carboxylic acids is 1. The third-order valence-corrected chi connectivity index (χ3v) is 7.38. The van der Waals surface area contributed by atoms with Crippen LogP contribution in [0, 0.1) is 0 Å². The van der Waals surface area contributed by atoms with Gasteiger partial charge in [0.05, 0.1) is 12.2 Å². The second kappa shape index (κ2) is 12.9. The van der Waals surface area contributed by atoms with Gasteiger partial charge in [-0.2, -0.15) is 0 Å². The summed E-state index contributed by atoms with van der Waals surface area (Å²) in [7, 11) is 0. The summed E-state index contributed by atoms with van der Waals surface area (Å²) in [5.74, 6) is -0.632. The molecule has 2 heterocycles. The first-order chi connectivity index (χ1) is 18.2. The van der Waals surface area contributed by atoms with Crippen LogP contribution in [0.25, 0.3) is 0 Å². The van der Waals surface area contributed by atoms with Gasteiger partial charge in [-0.15, -0.1) is 0 Å². The van der Waals surface area contributed by atoms with E-state index in [1.54, 1.807) is 24.3 Å². The summed E-state index contributed by atoms with van der Waals surface area (Å²) in [6, 6.07) is 14.8. The summed E-state index contributed by atoms with van der Waals surface area (Å²) in [6.07, 6.45) is -9.60. The number of carboxylic acid groups (broad SMARTS) is 1. The van der Waals surface area contributed by atoms with E-state index in [0.29, 0.717) is 17.8 Å². The molecule has 38 heavy (non-hydrogen) atoms. The highest BCUT2D eigenvalue weighted by Crippen LogP contribution is 2.33. The number of piperazine rings is 1. The van der Waals surface area contributed by atoms with E-state index in [9.17, 15) is 26.7 Å². The average Bonchev–Trinajstić information content (AvgIpc) is 3.50. The van der Waals surface area contributed by atoms with Crippen molar-refractivity contribution in [2.24, 2.45) is 0 Å². The molecule has 0 amide bonds. The molecule has 0 aromatic heterocycles. The number of likely N-dealkylation sites (tertiary alicyclic amines) is 2. The smallest absolute Gasteiger partial charge is 0.335 e. The van der Waals surface area contributed by atoms with E-state index in [0.717, 1.165) is 43.7 Å². The quantitative estimate of drug-likeness (QED) is 0.329. The molecular weight excluding hydrogens is 507 g/mol. The highest BCUT2D eigenvalue weighted by Gasteiger charge is 2.42. The Labute approximate surface area is 219 Å². The lowest BCUT2D eigenvalue weighted by atomic mass is 10.0.